The van der Waals surface area contributed by atoms with E-state index in [0.717, 1.165) is 32.3 Å². The van der Waals surface area contributed by atoms with Gasteiger partial charge in [-0.15, -0.1) is 0 Å². The molecular weight excluding hydrogens is 522 g/mol. The molecule has 1 amide bonds. The number of para-hydroxylation sites is 2. The maximum absolute atomic E-state index is 14.1. The fourth-order valence-electron chi connectivity index (χ4n) is 5.62. The van der Waals surface area contributed by atoms with E-state index in [2.05, 4.69) is 15.0 Å². The Morgan fingerprint density at radius 3 is 2.70 bits per heavy atom. The lowest BCUT2D eigenvalue weighted by Crippen LogP contribution is -2.37. The highest BCUT2D eigenvalue weighted by molar-refractivity contribution is 5.78. The standard InChI is InChI=1S/C28H34F2N6O4/c29-26(30)27-31-21-6-1-2-7-22(21)36(27)23-16-24(33-28(32-23)34-10-13-38-14-11-34)40-18-19-8-9-35(17-19)25(37)15-20-5-3-4-12-39-20/h1-2,6-7,16,19-20,26H,3-5,8-15,17-18H2/t19-,20?/m0/s1. The number of hydrogen-bond acceptors (Lipinski definition) is 8. The second kappa shape index (κ2) is 12.0. The highest BCUT2D eigenvalue weighted by atomic mass is 19.3. The monoisotopic (exact) mass is 556 g/mol. The Labute approximate surface area is 231 Å². The number of alkyl halides is 2. The van der Waals surface area contributed by atoms with Crippen molar-refractivity contribution in [1.29, 1.82) is 0 Å². The minimum atomic E-state index is -2.79. The number of nitrogens with zero attached hydrogens (tertiary/aromatic N) is 6. The summed E-state index contributed by atoms with van der Waals surface area (Å²) in [6.45, 7) is 4.60. The van der Waals surface area contributed by atoms with E-state index in [1.807, 2.05) is 9.80 Å². The number of likely N-dealkylation sites (tertiary alicyclic amines) is 1. The number of anilines is 1. The van der Waals surface area contributed by atoms with E-state index in [0.29, 0.717) is 75.3 Å². The number of aromatic nitrogens is 4. The summed E-state index contributed by atoms with van der Waals surface area (Å²) in [6, 6.07) is 8.58. The number of halogens is 2. The van der Waals surface area contributed by atoms with Crippen LogP contribution in [0, 0.1) is 5.92 Å². The van der Waals surface area contributed by atoms with Crippen LogP contribution in [0.1, 0.15) is 44.4 Å². The molecule has 0 N–H and O–H groups in total. The minimum Gasteiger partial charge on any atom is -0.477 e. The molecule has 40 heavy (non-hydrogen) atoms. The van der Waals surface area contributed by atoms with Crippen molar-refractivity contribution >= 4 is 22.9 Å². The zero-order valence-corrected chi connectivity index (χ0v) is 22.4. The van der Waals surface area contributed by atoms with Crippen molar-refractivity contribution in [3.63, 3.8) is 0 Å². The number of imidazole rings is 1. The van der Waals surface area contributed by atoms with Crippen molar-refractivity contribution in [2.45, 2.75) is 44.6 Å². The van der Waals surface area contributed by atoms with Gasteiger partial charge >= 0.3 is 0 Å². The van der Waals surface area contributed by atoms with E-state index in [4.69, 9.17) is 14.2 Å². The van der Waals surface area contributed by atoms with Gasteiger partial charge < -0.3 is 24.0 Å². The number of fused-ring (bicyclic) bond motifs is 1. The quantitative estimate of drug-likeness (QED) is 0.414. The molecule has 3 fully saturated rings. The molecule has 2 aromatic heterocycles. The van der Waals surface area contributed by atoms with Gasteiger partial charge in [-0.05, 0) is 37.8 Å². The predicted molar refractivity (Wildman–Crippen MR) is 143 cm³/mol. The Bertz CT molecular complexity index is 1330. The highest BCUT2D eigenvalue weighted by Crippen LogP contribution is 2.30. The van der Waals surface area contributed by atoms with E-state index >= 15 is 0 Å². The predicted octanol–water partition coefficient (Wildman–Crippen LogP) is 3.78. The summed E-state index contributed by atoms with van der Waals surface area (Å²) < 4.78 is 46.9. The number of morpholine rings is 1. The first kappa shape index (κ1) is 26.8. The minimum absolute atomic E-state index is 0.0204. The number of ether oxygens (including phenoxy) is 3. The van der Waals surface area contributed by atoms with Gasteiger partial charge in [0.2, 0.25) is 17.7 Å². The van der Waals surface area contributed by atoms with Gasteiger partial charge in [0.25, 0.3) is 6.43 Å². The normalized spacial score (nSPS) is 21.9. The topological polar surface area (TPSA) is 94.8 Å². The molecule has 1 aromatic carbocycles. The number of rotatable bonds is 8. The molecule has 3 aliphatic heterocycles. The van der Waals surface area contributed by atoms with Gasteiger partial charge in [0.1, 0.15) is 5.82 Å². The summed E-state index contributed by atoms with van der Waals surface area (Å²) in [5.74, 6) is 0.846. The van der Waals surface area contributed by atoms with Gasteiger partial charge in [0.15, 0.2) is 5.82 Å². The third-order valence-electron chi connectivity index (χ3n) is 7.76. The average Bonchev–Trinajstić information content (AvgIpc) is 3.62. The first-order valence-corrected chi connectivity index (χ1v) is 14.0. The van der Waals surface area contributed by atoms with Gasteiger partial charge in [-0.25, -0.2) is 13.8 Å². The summed E-state index contributed by atoms with van der Waals surface area (Å²) >= 11 is 0. The van der Waals surface area contributed by atoms with Crippen LogP contribution in [0.2, 0.25) is 0 Å². The lowest BCUT2D eigenvalue weighted by atomic mass is 10.1. The lowest BCUT2D eigenvalue weighted by Gasteiger charge is -2.27. The van der Waals surface area contributed by atoms with Crippen molar-refractivity contribution in [1.82, 2.24) is 24.4 Å². The molecule has 3 saturated heterocycles. The fourth-order valence-corrected chi connectivity index (χ4v) is 5.62. The second-order valence-corrected chi connectivity index (χ2v) is 10.6. The van der Waals surface area contributed by atoms with E-state index < -0.39 is 6.43 Å². The van der Waals surface area contributed by atoms with Crippen LogP contribution in [0.15, 0.2) is 30.3 Å². The molecule has 214 valence electrons. The molecule has 0 saturated carbocycles. The summed E-state index contributed by atoms with van der Waals surface area (Å²) in [5, 5.41) is 0. The van der Waals surface area contributed by atoms with Crippen molar-refractivity contribution in [3.05, 3.63) is 36.2 Å². The Kier molecular flexibility index (Phi) is 8.05. The molecule has 6 rings (SSSR count). The van der Waals surface area contributed by atoms with Crippen molar-refractivity contribution in [2.75, 3.05) is 57.5 Å². The summed E-state index contributed by atoms with van der Waals surface area (Å²) in [6.07, 6.45) is 1.59. The van der Waals surface area contributed by atoms with Crippen LogP contribution in [-0.4, -0.2) is 89.0 Å². The molecule has 3 aromatic rings. The number of benzene rings is 1. The SMILES string of the molecule is O=C(CC1CCCCO1)N1CC[C@H](COc2cc(-n3c(C(F)F)nc4ccccc43)nc(N3CCOCC3)n2)C1. The Morgan fingerprint density at radius 1 is 1.05 bits per heavy atom. The number of amides is 1. The van der Waals surface area contributed by atoms with E-state index in [1.165, 1.54) is 4.57 Å². The number of hydrogen-bond donors (Lipinski definition) is 0. The maximum atomic E-state index is 14.1. The molecule has 2 atom stereocenters. The second-order valence-electron chi connectivity index (χ2n) is 10.6. The molecule has 3 aliphatic rings. The molecule has 0 radical (unpaired) electrons. The van der Waals surface area contributed by atoms with Gasteiger partial charge in [0, 0.05) is 44.8 Å². The number of carbonyl (C=O) groups is 1. The first-order valence-electron chi connectivity index (χ1n) is 14.0. The van der Waals surface area contributed by atoms with Gasteiger partial charge in [0.05, 0.1) is 43.4 Å². The first-order chi connectivity index (χ1) is 19.5. The molecule has 12 heteroatoms. The van der Waals surface area contributed by atoms with Crippen molar-refractivity contribution in [2.24, 2.45) is 5.92 Å². The summed E-state index contributed by atoms with van der Waals surface area (Å²) in [5.41, 5.74) is 0.989. The zero-order valence-electron chi connectivity index (χ0n) is 22.4. The maximum Gasteiger partial charge on any atom is 0.296 e. The van der Waals surface area contributed by atoms with E-state index in [1.54, 1.807) is 30.3 Å². The van der Waals surface area contributed by atoms with Crippen LogP contribution in [0.4, 0.5) is 14.7 Å². The Balaban J connectivity index is 1.21. The molecular formula is C28H34F2N6O4. The largest absolute Gasteiger partial charge is 0.477 e. The van der Waals surface area contributed by atoms with E-state index in [9.17, 15) is 13.6 Å². The molecule has 1 unspecified atom stereocenters. The summed E-state index contributed by atoms with van der Waals surface area (Å²) in [7, 11) is 0. The number of carbonyl (C=O) groups excluding carboxylic acids is 1. The smallest absolute Gasteiger partial charge is 0.296 e. The van der Waals surface area contributed by atoms with E-state index in [-0.39, 0.29) is 29.6 Å². The van der Waals surface area contributed by atoms with Crippen molar-refractivity contribution < 1.29 is 27.8 Å². The van der Waals surface area contributed by atoms with Crippen LogP contribution in [-0.2, 0) is 14.3 Å². The zero-order chi connectivity index (χ0) is 27.5. The van der Waals surface area contributed by atoms with Crippen LogP contribution in [0.5, 0.6) is 5.88 Å². The molecule has 0 aliphatic carbocycles. The highest BCUT2D eigenvalue weighted by Gasteiger charge is 2.30. The summed E-state index contributed by atoms with van der Waals surface area (Å²) in [4.78, 5) is 30.1. The van der Waals surface area contributed by atoms with Crippen LogP contribution in [0.3, 0.4) is 0 Å². The Morgan fingerprint density at radius 2 is 1.90 bits per heavy atom. The van der Waals surface area contributed by atoms with Gasteiger partial charge in [-0.1, -0.05) is 12.1 Å². The van der Waals surface area contributed by atoms with Gasteiger partial charge in [-0.2, -0.15) is 9.97 Å². The Hall–Kier alpha value is -3.38. The average molecular weight is 557 g/mol. The molecule has 0 spiro atoms. The fraction of sp³-hybridized carbons (Fsp3) is 0.571. The third kappa shape index (κ3) is 5.87. The van der Waals surface area contributed by atoms with Crippen molar-refractivity contribution in [3.8, 4) is 11.7 Å². The third-order valence-corrected chi connectivity index (χ3v) is 7.76. The van der Waals surface area contributed by atoms with Crippen LogP contribution < -0.4 is 9.64 Å². The molecule has 10 nitrogen and oxygen atoms in total. The van der Waals surface area contributed by atoms with Gasteiger partial charge in [-0.3, -0.25) is 9.36 Å². The van der Waals surface area contributed by atoms with Crippen LogP contribution >= 0.6 is 0 Å². The van der Waals surface area contributed by atoms with Crippen LogP contribution in [0.25, 0.3) is 16.9 Å². The lowest BCUT2D eigenvalue weighted by molar-refractivity contribution is -0.134. The molecule has 5 heterocycles. The molecule has 0 bridgehead atoms.